The molecule has 0 radical (unpaired) electrons. The molecule has 84 valence electrons. The summed E-state index contributed by atoms with van der Waals surface area (Å²) in [6.07, 6.45) is 1.35. The highest BCUT2D eigenvalue weighted by Gasteiger charge is 2.04. The highest BCUT2D eigenvalue weighted by atomic mass is 35.5. The number of Topliss-reactive ketones (excluding diaryl/α,β-unsaturated/α-hetero) is 1. The molecular formula is C12H12ClNO2. The number of carbonyl (C=O) groups is 1. The molecule has 0 aliphatic heterocycles. The van der Waals surface area contributed by atoms with Gasteiger partial charge in [0.15, 0.2) is 5.78 Å². The van der Waals surface area contributed by atoms with Crippen molar-refractivity contribution in [3.8, 4) is 0 Å². The average molecular weight is 238 g/mol. The average Bonchev–Trinajstić information content (AvgIpc) is 2.20. The van der Waals surface area contributed by atoms with Crippen molar-refractivity contribution in [3.63, 3.8) is 0 Å². The minimum atomic E-state index is -0.224. The van der Waals surface area contributed by atoms with Crippen molar-refractivity contribution in [2.45, 2.75) is 13.8 Å². The number of allylic oxidation sites excluding steroid dienone is 2. The molecule has 1 rings (SSSR count). The van der Waals surface area contributed by atoms with Crippen LogP contribution in [0, 0.1) is 0 Å². The lowest BCUT2D eigenvalue weighted by Gasteiger charge is -1.98. The van der Waals surface area contributed by atoms with E-state index < -0.39 is 0 Å². The number of halogens is 1. The second kappa shape index (κ2) is 5.47. The van der Waals surface area contributed by atoms with Crippen LogP contribution in [0.25, 0.3) is 0 Å². The molecule has 0 aliphatic rings. The molecule has 3 nitrogen and oxygen atoms in total. The molecule has 0 fully saturated rings. The van der Waals surface area contributed by atoms with Crippen LogP contribution >= 0.6 is 11.6 Å². The third kappa shape index (κ3) is 3.51. The first-order valence-corrected chi connectivity index (χ1v) is 5.09. The summed E-state index contributed by atoms with van der Waals surface area (Å²) in [5.74, 6) is -0.261. The Kier molecular flexibility index (Phi) is 4.26. The number of carbonyl (C=O) groups excluding carboxylic acids is 1. The van der Waals surface area contributed by atoms with Crippen molar-refractivity contribution in [2.75, 3.05) is 0 Å². The lowest BCUT2D eigenvalue weighted by atomic mass is 10.2. The smallest absolute Gasteiger partial charge is 0.164 e. The fraction of sp³-hybridized carbons (Fsp3) is 0.167. The van der Waals surface area contributed by atoms with Crippen LogP contribution in [0.5, 0.6) is 0 Å². The fourth-order valence-corrected chi connectivity index (χ4v) is 1.23. The van der Waals surface area contributed by atoms with E-state index >= 15 is 0 Å². The maximum atomic E-state index is 11.1. The predicted octanol–water partition coefficient (Wildman–Crippen LogP) is 3.46. The second-order valence-corrected chi connectivity index (χ2v) is 3.73. The molecule has 4 heteroatoms. The lowest BCUT2D eigenvalue weighted by Crippen LogP contribution is -2.01. The summed E-state index contributed by atoms with van der Waals surface area (Å²) in [6.45, 7) is 2.83. The predicted molar refractivity (Wildman–Crippen MR) is 65.6 cm³/mol. The maximum absolute atomic E-state index is 11.1. The second-order valence-electron chi connectivity index (χ2n) is 3.29. The summed E-state index contributed by atoms with van der Waals surface area (Å²) in [4.78, 5) is 15.2. The molecular weight excluding hydrogens is 226 g/mol. The Labute approximate surface area is 99.1 Å². The van der Waals surface area contributed by atoms with Crippen molar-refractivity contribution in [1.82, 2.24) is 0 Å². The number of aliphatic hydroxyl groups is 1. The van der Waals surface area contributed by atoms with Crippen LogP contribution in [0.15, 0.2) is 40.6 Å². The summed E-state index contributed by atoms with van der Waals surface area (Å²) in [5.41, 5.74) is 0.874. The molecule has 0 amide bonds. The zero-order valence-corrected chi connectivity index (χ0v) is 9.82. The number of rotatable bonds is 3. The molecule has 0 unspecified atom stereocenters. The normalized spacial score (nSPS) is 12.7. The fourth-order valence-electron chi connectivity index (χ4n) is 1.11. The summed E-state index contributed by atoms with van der Waals surface area (Å²) in [6, 6.07) is 6.86. The van der Waals surface area contributed by atoms with E-state index in [1.54, 1.807) is 24.3 Å². The topological polar surface area (TPSA) is 49.7 Å². The Balaban J connectivity index is 2.92. The van der Waals surface area contributed by atoms with Gasteiger partial charge in [-0.1, -0.05) is 11.6 Å². The standard InChI is InChI=1S/C12H12ClNO2/c1-8(15)12(9(2)16)7-14-11-5-3-10(13)4-6-11/h3-7,15H,1-2H3/b12-8-,14-7?. The van der Waals surface area contributed by atoms with Crippen LogP contribution in [0.3, 0.4) is 0 Å². The van der Waals surface area contributed by atoms with Crippen molar-refractivity contribution in [1.29, 1.82) is 0 Å². The number of aliphatic hydroxyl groups excluding tert-OH is 1. The van der Waals surface area contributed by atoms with E-state index in [2.05, 4.69) is 4.99 Å². The minimum absolute atomic E-state index is 0.0368. The zero-order chi connectivity index (χ0) is 12.1. The molecule has 0 aliphatic carbocycles. The van der Waals surface area contributed by atoms with E-state index in [-0.39, 0.29) is 17.1 Å². The molecule has 0 aromatic heterocycles. The van der Waals surface area contributed by atoms with Gasteiger partial charge < -0.3 is 5.11 Å². The Hall–Kier alpha value is -1.61. The molecule has 0 heterocycles. The van der Waals surface area contributed by atoms with Crippen LogP contribution < -0.4 is 0 Å². The van der Waals surface area contributed by atoms with Crippen LogP contribution in [0.4, 0.5) is 5.69 Å². The van der Waals surface area contributed by atoms with Crippen LogP contribution in [0.1, 0.15) is 13.8 Å². The van der Waals surface area contributed by atoms with Gasteiger partial charge >= 0.3 is 0 Å². The van der Waals surface area contributed by atoms with Gasteiger partial charge in [0.25, 0.3) is 0 Å². The highest BCUT2D eigenvalue weighted by Crippen LogP contribution is 2.16. The number of aliphatic imine (C=N–C) groups is 1. The first kappa shape index (κ1) is 12.5. The van der Waals surface area contributed by atoms with Gasteiger partial charge in [0.2, 0.25) is 0 Å². The van der Waals surface area contributed by atoms with Gasteiger partial charge in [0, 0.05) is 11.2 Å². The van der Waals surface area contributed by atoms with Crippen molar-refractivity contribution in [3.05, 3.63) is 40.6 Å². The molecule has 1 N–H and O–H groups in total. The van der Waals surface area contributed by atoms with E-state index in [0.717, 1.165) is 0 Å². The van der Waals surface area contributed by atoms with Crippen molar-refractivity contribution >= 4 is 29.3 Å². The van der Waals surface area contributed by atoms with E-state index in [1.165, 1.54) is 20.1 Å². The number of hydrogen-bond donors (Lipinski definition) is 1. The summed E-state index contributed by atoms with van der Waals surface area (Å²) in [7, 11) is 0. The molecule has 0 atom stereocenters. The summed E-state index contributed by atoms with van der Waals surface area (Å²) < 4.78 is 0. The largest absolute Gasteiger partial charge is 0.512 e. The number of benzene rings is 1. The maximum Gasteiger partial charge on any atom is 0.164 e. The molecule has 0 bridgehead atoms. The Bertz CT molecular complexity index is 443. The van der Waals surface area contributed by atoms with Gasteiger partial charge in [0.05, 0.1) is 11.3 Å². The van der Waals surface area contributed by atoms with Gasteiger partial charge in [-0.05, 0) is 38.1 Å². The summed E-state index contributed by atoms with van der Waals surface area (Å²) >= 11 is 5.72. The Morgan fingerprint density at radius 3 is 2.31 bits per heavy atom. The lowest BCUT2D eigenvalue weighted by molar-refractivity contribution is -0.113. The van der Waals surface area contributed by atoms with Crippen molar-refractivity contribution in [2.24, 2.45) is 4.99 Å². The van der Waals surface area contributed by atoms with Gasteiger partial charge in [-0.15, -0.1) is 0 Å². The first-order chi connectivity index (χ1) is 7.50. The third-order valence-electron chi connectivity index (χ3n) is 1.94. The number of hydrogen-bond acceptors (Lipinski definition) is 3. The zero-order valence-electron chi connectivity index (χ0n) is 9.07. The molecule has 0 saturated carbocycles. The molecule has 0 saturated heterocycles. The SMILES string of the molecule is CC(=O)/C(C=Nc1ccc(Cl)cc1)=C(/C)O. The van der Waals surface area contributed by atoms with Gasteiger partial charge in [-0.3, -0.25) is 9.79 Å². The monoisotopic (exact) mass is 237 g/mol. The van der Waals surface area contributed by atoms with E-state index in [1.807, 2.05) is 0 Å². The highest BCUT2D eigenvalue weighted by molar-refractivity contribution is 6.30. The van der Waals surface area contributed by atoms with E-state index in [9.17, 15) is 9.90 Å². The molecule has 1 aromatic carbocycles. The molecule has 1 aromatic rings. The Morgan fingerprint density at radius 1 is 1.31 bits per heavy atom. The molecule has 0 spiro atoms. The van der Waals surface area contributed by atoms with Crippen molar-refractivity contribution < 1.29 is 9.90 Å². The van der Waals surface area contributed by atoms with Gasteiger partial charge in [-0.2, -0.15) is 0 Å². The number of ketones is 1. The number of nitrogens with zero attached hydrogens (tertiary/aromatic N) is 1. The molecule has 16 heavy (non-hydrogen) atoms. The van der Waals surface area contributed by atoms with E-state index in [4.69, 9.17) is 11.6 Å². The quantitative estimate of drug-likeness (QED) is 0.497. The van der Waals surface area contributed by atoms with E-state index in [0.29, 0.717) is 10.7 Å². The summed E-state index contributed by atoms with van der Waals surface area (Å²) in [5, 5.41) is 9.88. The first-order valence-electron chi connectivity index (χ1n) is 4.71. The van der Waals surface area contributed by atoms with Crippen LogP contribution in [0.2, 0.25) is 5.02 Å². The van der Waals surface area contributed by atoms with Gasteiger partial charge in [0.1, 0.15) is 5.76 Å². The van der Waals surface area contributed by atoms with Crippen LogP contribution in [-0.4, -0.2) is 17.1 Å². The Morgan fingerprint density at radius 2 is 1.88 bits per heavy atom. The third-order valence-corrected chi connectivity index (χ3v) is 2.19. The van der Waals surface area contributed by atoms with Crippen LogP contribution in [-0.2, 0) is 4.79 Å². The minimum Gasteiger partial charge on any atom is -0.512 e. The van der Waals surface area contributed by atoms with Gasteiger partial charge in [-0.25, -0.2) is 0 Å².